The lowest BCUT2D eigenvalue weighted by Gasteiger charge is -2.09. The van der Waals surface area contributed by atoms with Crippen LogP contribution in [0.4, 0.5) is 11.6 Å². The van der Waals surface area contributed by atoms with Gasteiger partial charge in [-0.15, -0.1) is 11.3 Å². The Morgan fingerprint density at radius 1 is 1.03 bits per heavy atom. The summed E-state index contributed by atoms with van der Waals surface area (Å²) in [4.78, 5) is 22.8. The van der Waals surface area contributed by atoms with Crippen LogP contribution in [0.5, 0.6) is 0 Å². The van der Waals surface area contributed by atoms with Gasteiger partial charge in [-0.3, -0.25) is 4.79 Å². The standard InChI is InChI=1S/C24H22N4O2S/c1-15(29)18-4-3-5-19(14-18)27-24-26-13-12-20(28-24)22-11-10-21(31-22)16-6-8-17(9-7-16)23(30)25-2/h3-15,29H,1-2H3,(H,25,30)(H,26,27,28). The molecule has 4 rings (SSSR count). The summed E-state index contributed by atoms with van der Waals surface area (Å²) in [6.45, 7) is 1.73. The highest BCUT2D eigenvalue weighted by Gasteiger charge is 2.10. The third kappa shape index (κ3) is 4.79. The smallest absolute Gasteiger partial charge is 0.251 e. The molecule has 3 N–H and O–H groups in total. The number of aromatic nitrogens is 2. The Morgan fingerprint density at radius 3 is 2.55 bits per heavy atom. The minimum atomic E-state index is -0.538. The summed E-state index contributed by atoms with van der Waals surface area (Å²) in [5.74, 6) is 0.392. The van der Waals surface area contributed by atoms with Crippen LogP contribution in [-0.4, -0.2) is 28.0 Å². The highest BCUT2D eigenvalue weighted by Crippen LogP contribution is 2.34. The molecule has 4 aromatic rings. The normalized spacial score (nSPS) is 11.7. The molecule has 2 aromatic heterocycles. The van der Waals surface area contributed by atoms with E-state index in [-0.39, 0.29) is 5.91 Å². The summed E-state index contributed by atoms with van der Waals surface area (Å²) in [5, 5.41) is 15.6. The van der Waals surface area contributed by atoms with Gasteiger partial charge < -0.3 is 15.7 Å². The number of aliphatic hydroxyl groups excluding tert-OH is 1. The Balaban J connectivity index is 1.54. The number of nitrogens with one attached hydrogen (secondary N) is 2. The highest BCUT2D eigenvalue weighted by molar-refractivity contribution is 7.18. The maximum absolute atomic E-state index is 11.7. The summed E-state index contributed by atoms with van der Waals surface area (Å²) >= 11 is 1.63. The number of aliphatic hydroxyl groups is 1. The molecule has 2 heterocycles. The number of amides is 1. The van der Waals surface area contributed by atoms with Crippen molar-refractivity contribution in [2.75, 3.05) is 12.4 Å². The van der Waals surface area contributed by atoms with Crippen LogP contribution in [0.25, 0.3) is 21.0 Å². The van der Waals surface area contributed by atoms with Crippen LogP contribution in [0, 0.1) is 0 Å². The third-order valence-electron chi connectivity index (χ3n) is 4.80. The fraction of sp³-hybridized carbons (Fsp3) is 0.125. The van der Waals surface area contributed by atoms with Gasteiger partial charge >= 0.3 is 0 Å². The highest BCUT2D eigenvalue weighted by atomic mass is 32.1. The molecule has 0 spiro atoms. The number of hydrogen-bond acceptors (Lipinski definition) is 6. The van der Waals surface area contributed by atoms with Gasteiger partial charge in [-0.2, -0.15) is 0 Å². The first-order valence-electron chi connectivity index (χ1n) is 9.84. The van der Waals surface area contributed by atoms with E-state index in [2.05, 4.69) is 26.7 Å². The van der Waals surface area contributed by atoms with Crippen LogP contribution in [-0.2, 0) is 0 Å². The summed E-state index contributed by atoms with van der Waals surface area (Å²) in [5.41, 5.74) is 4.15. The van der Waals surface area contributed by atoms with E-state index in [0.717, 1.165) is 32.3 Å². The van der Waals surface area contributed by atoms with Gasteiger partial charge in [0.25, 0.3) is 5.91 Å². The second kappa shape index (κ2) is 9.07. The molecular formula is C24H22N4O2S. The molecule has 2 aromatic carbocycles. The minimum Gasteiger partial charge on any atom is -0.389 e. The molecule has 0 saturated heterocycles. The predicted octanol–water partition coefficient (Wildman–Crippen LogP) is 5.03. The first kappa shape index (κ1) is 20.7. The molecule has 0 saturated carbocycles. The first-order chi connectivity index (χ1) is 15.0. The topological polar surface area (TPSA) is 87.1 Å². The van der Waals surface area contributed by atoms with Crippen molar-refractivity contribution < 1.29 is 9.90 Å². The fourth-order valence-corrected chi connectivity index (χ4v) is 4.10. The van der Waals surface area contributed by atoms with Gasteiger partial charge in [0.1, 0.15) is 0 Å². The van der Waals surface area contributed by atoms with Crippen LogP contribution in [0.3, 0.4) is 0 Å². The number of rotatable bonds is 6. The lowest BCUT2D eigenvalue weighted by atomic mass is 10.1. The van der Waals surface area contributed by atoms with Crippen LogP contribution < -0.4 is 10.6 Å². The Labute approximate surface area is 184 Å². The summed E-state index contributed by atoms with van der Waals surface area (Å²) in [6.07, 6.45) is 1.18. The number of carbonyl (C=O) groups is 1. The molecule has 1 unspecified atom stereocenters. The van der Waals surface area contributed by atoms with Gasteiger partial charge in [0, 0.05) is 29.4 Å². The lowest BCUT2D eigenvalue weighted by Crippen LogP contribution is -2.17. The largest absolute Gasteiger partial charge is 0.389 e. The Kier molecular flexibility index (Phi) is 6.06. The van der Waals surface area contributed by atoms with Crippen LogP contribution in [0.2, 0.25) is 0 Å². The SMILES string of the molecule is CNC(=O)c1ccc(-c2ccc(-c3ccnc(Nc4cccc(C(C)O)c4)n3)s2)cc1. The number of carbonyl (C=O) groups excluding carboxylic acids is 1. The van der Waals surface area contributed by atoms with Crippen molar-refractivity contribution in [1.29, 1.82) is 0 Å². The van der Waals surface area contributed by atoms with Crippen molar-refractivity contribution >= 4 is 28.9 Å². The zero-order chi connectivity index (χ0) is 21.8. The summed E-state index contributed by atoms with van der Waals surface area (Å²) in [6, 6.07) is 21.1. The van der Waals surface area contributed by atoms with E-state index in [1.807, 2.05) is 60.7 Å². The van der Waals surface area contributed by atoms with E-state index in [4.69, 9.17) is 0 Å². The van der Waals surface area contributed by atoms with E-state index in [1.54, 1.807) is 31.5 Å². The van der Waals surface area contributed by atoms with Gasteiger partial charge in [0.05, 0.1) is 16.7 Å². The molecule has 0 bridgehead atoms. The number of nitrogens with zero attached hydrogens (tertiary/aromatic N) is 2. The molecular weight excluding hydrogens is 408 g/mol. The Hall–Kier alpha value is -3.55. The molecule has 0 aliphatic heterocycles. The van der Waals surface area contributed by atoms with E-state index >= 15 is 0 Å². The number of anilines is 2. The molecule has 156 valence electrons. The molecule has 0 radical (unpaired) electrons. The van der Waals surface area contributed by atoms with Crippen molar-refractivity contribution in [3.8, 4) is 21.0 Å². The van der Waals surface area contributed by atoms with Crippen molar-refractivity contribution in [3.63, 3.8) is 0 Å². The van der Waals surface area contributed by atoms with Crippen LogP contribution in [0.15, 0.2) is 72.9 Å². The molecule has 1 atom stereocenters. The number of benzene rings is 2. The molecule has 0 fully saturated rings. The second-order valence-corrected chi connectivity index (χ2v) is 8.10. The molecule has 6 nitrogen and oxygen atoms in total. The Morgan fingerprint density at radius 2 is 1.81 bits per heavy atom. The summed E-state index contributed by atoms with van der Waals surface area (Å²) < 4.78 is 0. The van der Waals surface area contributed by atoms with E-state index in [1.165, 1.54) is 0 Å². The lowest BCUT2D eigenvalue weighted by molar-refractivity contribution is 0.0963. The van der Waals surface area contributed by atoms with Crippen molar-refractivity contribution in [1.82, 2.24) is 15.3 Å². The van der Waals surface area contributed by atoms with Crippen molar-refractivity contribution in [3.05, 3.63) is 84.1 Å². The van der Waals surface area contributed by atoms with Gasteiger partial charge in [0.2, 0.25) is 5.95 Å². The molecule has 1 amide bonds. The minimum absolute atomic E-state index is 0.0987. The molecule has 0 aliphatic carbocycles. The quantitative estimate of drug-likeness (QED) is 0.399. The zero-order valence-corrected chi connectivity index (χ0v) is 18.0. The van der Waals surface area contributed by atoms with Gasteiger partial charge in [-0.25, -0.2) is 9.97 Å². The van der Waals surface area contributed by atoms with E-state index in [0.29, 0.717) is 11.5 Å². The van der Waals surface area contributed by atoms with Crippen molar-refractivity contribution in [2.24, 2.45) is 0 Å². The average molecular weight is 431 g/mol. The van der Waals surface area contributed by atoms with E-state index < -0.39 is 6.10 Å². The fourth-order valence-electron chi connectivity index (χ4n) is 3.12. The van der Waals surface area contributed by atoms with E-state index in [9.17, 15) is 9.90 Å². The van der Waals surface area contributed by atoms with Crippen LogP contribution >= 0.6 is 11.3 Å². The second-order valence-electron chi connectivity index (χ2n) is 7.01. The van der Waals surface area contributed by atoms with Gasteiger partial charge in [-0.05, 0) is 60.5 Å². The van der Waals surface area contributed by atoms with Gasteiger partial charge in [-0.1, -0.05) is 24.3 Å². The first-order valence-corrected chi connectivity index (χ1v) is 10.7. The summed E-state index contributed by atoms with van der Waals surface area (Å²) in [7, 11) is 1.62. The third-order valence-corrected chi connectivity index (χ3v) is 5.95. The average Bonchev–Trinajstić information content (AvgIpc) is 3.29. The molecule has 7 heteroatoms. The Bertz CT molecular complexity index is 1200. The maximum atomic E-state index is 11.7. The predicted molar refractivity (Wildman–Crippen MR) is 125 cm³/mol. The maximum Gasteiger partial charge on any atom is 0.251 e. The monoisotopic (exact) mass is 430 g/mol. The van der Waals surface area contributed by atoms with Crippen molar-refractivity contribution in [2.45, 2.75) is 13.0 Å². The number of thiophene rings is 1. The number of hydrogen-bond donors (Lipinski definition) is 3. The zero-order valence-electron chi connectivity index (χ0n) is 17.2. The van der Waals surface area contributed by atoms with Gasteiger partial charge in [0.15, 0.2) is 0 Å². The van der Waals surface area contributed by atoms with Crippen LogP contribution in [0.1, 0.15) is 28.9 Å². The molecule has 31 heavy (non-hydrogen) atoms. The molecule has 0 aliphatic rings.